The normalized spacial score (nSPS) is 15.3. The van der Waals surface area contributed by atoms with Gasteiger partial charge in [0.25, 0.3) is 11.8 Å². The number of methoxy groups -OCH3 is 1. The van der Waals surface area contributed by atoms with E-state index < -0.39 is 5.91 Å². The minimum atomic E-state index is -0.402. The summed E-state index contributed by atoms with van der Waals surface area (Å²) in [5.74, 6) is 1.10. The van der Waals surface area contributed by atoms with Crippen molar-refractivity contribution in [2.75, 3.05) is 32.4 Å². The van der Waals surface area contributed by atoms with E-state index in [9.17, 15) is 9.59 Å². The van der Waals surface area contributed by atoms with Crippen molar-refractivity contribution >= 4 is 23.1 Å². The Balaban J connectivity index is 1.67. The molecule has 4 rings (SSSR count). The summed E-state index contributed by atoms with van der Waals surface area (Å²) in [6.45, 7) is 4.40. The van der Waals surface area contributed by atoms with Gasteiger partial charge < -0.3 is 24.3 Å². The third-order valence-corrected chi connectivity index (χ3v) is 4.95. The molecule has 2 aliphatic rings. The molecule has 0 bridgehead atoms. The van der Waals surface area contributed by atoms with E-state index in [1.807, 2.05) is 13.8 Å². The fourth-order valence-electron chi connectivity index (χ4n) is 3.42. The summed E-state index contributed by atoms with van der Waals surface area (Å²) in [6, 6.07) is 12.3. The highest BCUT2D eigenvalue weighted by Gasteiger charge is 2.39. The summed E-state index contributed by atoms with van der Waals surface area (Å²) in [5, 5.41) is 3.12. The molecule has 0 atom stereocenters. The quantitative estimate of drug-likeness (QED) is 0.652. The topological polar surface area (TPSA) is 86.3 Å². The Morgan fingerprint density at radius 1 is 1.03 bits per heavy atom. The smallest absolute Gasteiger partial charge is 0.278 e. The first-order valence-electron chi connectivity index (χ1n) is 10.0. The van der Waals surface area contributed by atoms with Crippen LogP contribution >= 0.6 is 0 Å². The highest BCUT2D eigenvalue weighted by atomic mass is 16.7. The average molecular weight is 424 g/mol. The summed E-state index contributed by atoms with van der Waals surface area (Å²) >= 11 is 0. The molecule has 31 heavy (non-hydrogen) atoms. The minimum absolute atomic E-state index is 0.00746. The molecule has 2 aromatic carbocycles. The van der Waals surface area contributed by atoms with E-state index in [0.717, 1.165) is 0 Å². The van der Waals surface area contributed by atoms with Crippen LogP contribution < -0.4 is 19.5 Å². The van der Waals surface area contributed by atoms with Gasteiger partial charge in [0.05, 0.1) is 31.9 Å². The summed E-state index contributed by atoms with van der Waals surface area (Å²) in [7, 11) is 1.57. The number of imide groups is 1. The number of fused-ring (bicyclic) bond motifs is 1. The van der Waals surface area contributed by atoms with Crippen molar-refractivity contribution in [2.45, 2.75) is 20.0 Å². The number of rotatable bonds is 8. The van der Waals surface area contributed by atoms with Crippen molar-refractivity contribution in [3.63, 3.8) is 0 Å². The standard InChI is InChI=1S/C23H24N2O6/c1-14(2)29-11-10-25-22(26)20(15-4-7-17(28-3)8-5-15)21(23(25)27)24-16-6-9-18-19(12-16)31-13-30-18/h4-9,12,14,24H,10-11,13H2,1-3H3. The van der Waals surface area contributed by atoms with Gasteiger partial charge in [0, 0.05) is 11.8 Å². The van der Waals surface area contributed by atoms with Crippen LogP contribution in [-0.4, -0.2) is 49.9 Å². The molecule has 8 nitrogen and oxygen atoms in total. The number of nitrogens with one attached hydrogen (secondary N) is 1. The van der Waals surface area contributed by atoms with Crippen LogP contribution in [0.4, 0.5) is 5.69 Å². The first-order chi connectivity index (χ1) is 15.0. The van der Waals surface area contributed by atoms with E-state index in [1.165, 1.54) is 4.90 Å². The lowest BCUT2D eigenvalue weighted by Crippen LogP contribution is -2.35. The van der Waals surface area contributed by atoms with Gasteiger partial charge in [0.15, 0.2) is 11.5 Å². The highest BCUT2D eigenvalue weighted by molar-refractivity contribution is 6.36. The van der Waals surface area contributed by atoms with Crippen molar-refractivity contribution in [2.24, 2.45) is 0 Å². The molecule has 0 fully saturated rings. The molecule has 0 saturated carbocycles. The number of carbonyl (C=O) groups is 2. The molecule has 0 unspecified atom stereocenters. The molecule has 1 N–H and O–H groups in total. The molecule has 162 valence electrons. The van der Waals surface area contributed by atoms with Gasteiger partial charge in [-0.2, -0.15) is 0 Å². The molecule has 0 aliphatic carbocycles. The Morgan fingerprint density at radius 2 is 1.77 bits per heavy atom. The molecule has 0 saturated heterocycles. The van der Waals surface area contributed by atoms with E-state index in [1.54, 1.807) is 49.6 Å². The number of anilines is 1. The van der Waals surface area contributed by atoms with Crippen LogP contribution in [0.15, 0.2) is 48.2 Å². The molecule has 0 spiro atoms. The molecule has 8 heteroatoms. The summed E-state index contributed by atoms with van der Waals surface area (Å²) in [5.41, 5.74) is 1.75. The van der Waals surface area contributed by atoms with Gasteiger partial charge in [-0.1, -0.05) is 12.1 Å². The van der Waals surface area contributed by atoms with Crippen molar-refractivity contribution in [3.05, 3.63) is 53.7 Å². The summed E-state index contributed by atoms with van der Waals surface area (Å²) < 4.78 is 21.5. The maximum atomic E-state index is 13.2. The fraction of sp³-hybridized carbons (Fsp3) is 0.304. The molecule has 0 radical (unpaired) electrons. The lowest BCUT2D eigenvalue weighted by atomic mass is 10.0. The van der Waals surface area contributed by atoms with Gasteiger partial charge in [0.1, 0.15) is 11.4 Å². The molecular weight excluding hydrogens is 400 g/mol. The van der Waals surface area contributed by atoms with Crippen LogP contribution in [0.5, 0.6) is 17.2 Å². The number of amides is 2. The molecule has 2 heterocycles. The maximum absolute atomic E-state index is 13.2. The third-order valence-electron chi connectivity index (χ3n) is 4.95. The number of nitrogens with zero attached hydrogens (tertiary/aromatic N) is 1. The van der Waals surface area contributed by atoms with E-state index in [4.69, 9.17) is 18.9 Å². The Hall–Kier alpha value is -3.52. The zero-order valence-corrected chi connectivity index (χ0v) is 17.6. The van der Waals surface area contributed by atoms with Crippen LogP contribution in [-0.2, 0) is 14.3 Å². The van der Waals surface area contributed by atoms with Gasteiger partial charge >= 0.3 is 0 Å². The first-order valence-corrected chi connectivity index (χ1v) is 10.0. The van der Waals surface area contributed by atoms with E-state index in [0.29, 0.717) is 34.1 Å². The largest absolute Gasteiger partial charge is 0.497 e. The number of carbonyl (C=O) groups excluding carboxylic acids is 2. The number of hydrogen-bond donors (Lipinski definition) is 1. The second-order valence-electron chi connectivity index (χ2n) is 7.35. The van der Waals surface area contributed by atoms with Gasteiger partial charge in [-0.3, -0.25) is 14.5 Å². The molecule has 2 aliphatic heterocycles. The van der Waals surface area contributed by atoms with E-state index >= 15 is 0 Å². The summed E-state index contributed by atoms with van der Waals surface area (Å²) in [6.07, 6.45) is 0.00746. The van der Waals surface area contributed by atoms with Crippen molar-refractivity contribution in [1.82, 2.24) is 4.90 Å². The highest BCUT2D eigenvalue weighted by Crippen LogP contribution is 2.36. The van der Waals surface area contributed by atoms with Crippen LogP contribution in [0.25, 0.3) is 5.57 Å². The SMILES string of the molecule is COc1ccc(C2=C(Nc3ccc4c(c3)OCO4)C(=O)N(CCOC(C)C)C2=O)cc1. The maximum Gasteiger partial charge on any atom is 0.278 e. The molecule has 2 amide bonds. The Labute approximate surface area is 180 Å². The van der Waals surface area contributed by atoms with Crippen molar-refractivity contribution in [1.29, 1.82) is 0 Å². The van der Waals surface area contributed by atoms with Gasteiger partial charge in [-0.15, -0.1) is 0 Å². The van der Waals surface area contributed by atoms with Crippen LogP contribution in [0.2, 0.25) is 0 Å². The monoisotopic (exact) mass is 424 g/mol. The van der Waals surface area contributed by atoms with E-state index in [-0.39, 0.29) is 37.7 Å². The minimum Gasteiger partial charge on any atom is -0.497 e. The second-order valence-corrected chi connectivity index (χ2v) is 7.35. The average Bonchev–Trinajstić information content (AvgIpc) is 3.32. The van der Waals surface area contributed by atoms with Crippen LogP contribution in [0.3, 0.4) is 0 Å². The molecular formula is C23H24N2O6. The Morgan fingerprint density at radius 3 is 2.48 bits per heavy atom. The second kappa shape index (κ2) is 8.69. The third kappa shape index (κ3) is 4.20. The first kappa shape index (κ1) is 20.7. The fourth-order valence-corrected chi connectivity index (χ4v) is 3.42. The number of ether oxygens (including phenoxy) is 4. The van der Waals surface area contributed by atoms with Crippen LogP contribution in [0.1, 0.15) is 19.4 Å². The predicted octanol–water partition coefficient (Wildman–Crippen LogP) is 3.04. The van der Waals surface area contributed by atoms with Crippen LogP contribution in [0, 0.1) is 0 Å². The van der Waals surface area contributed by atoms with Gasteiger partial charge in [-0.05, 0) is 43.7 Å². The van der Waals surface area contributed by atoms with Gasteiger partial charge in [-0.25, -0.2) is 0 Å². The Bertz CT molecular complexity index is 1030. The lowest BCUT2D eigenvalue weighted by molar-refractivity contribution is -0.137. The number of hydrogen-bond acceptors (Lipinski definition) is 7. The predicted molar refractivity (Wildman–Crippen MR) is 114 cm³/mol. The van der Waals surface area contributed by atoms with E-state index in [2.05, 4.69) is 5.32 Å². The zero-order valence-electron chi connectivity index (χ0n) is 17.6. The Kier molecular flexibility index (Phi) is 5.81. The summed E-state index contributed by atoms with van der Waals surface area (Å²) in [4.78, 5) is 27.6. The van der Waals surface area contributed by atoms with Crippen molar-refractivity contribution < 1.29 is 28.5 Å². The van der Waals surface area contributed by atoms with Gasteiger partial charge in [0.2, 0.25) is 6.79 Å². The van der Waals surface area contributed by atoms with Crippen molar-refractivity contribution in [3.8, 4) is 17.2 Å². The lowest BCUT2D eigenvalue weighted by Gasteiger charge is -2.16. The zero-order chi connectivity index (χ0) is 22.0. The molecule has 2 aromatic rings. The molecule has 0 aromatic heterocycles. The number of benzene rings is 2.